The van der Waals surface area contributed by atoms with Gasteiger partial charge in [0.05, 0.1) is 25.4 Å². The summed E-state index contributed by atoms with van der Waals surface area (Å²) in [4.78, 5) is 13.3. The Kier molecular flexibility index (Phi) is 4.10. The molecule has 1 aliphatic rings. The third-order valence-electron chi connectivity index (χ3n) is 2.35. The van der Waals surface area contributed by atoms with E-state index < -0.39 is 0 Å². The Hall–Kier alpha value is -0.870. The fourth-order valence-corrected chi connectivity index (χ4v) is 1.52. The van der Waals surface area contributed by atoms with Gasteiger partial charge in [-0.15, -0.1) is 6.58 Å². The van der Waals surface area contributed by atoms with Crippen LogP contribution in [0.3, 0.4) is 0 Å². The Labute approximate surface area is 84.2 Å². The summed E-state index contributed by atoms with van der Waals surface area (Å²) in [6.07, 6.45) is 1.71. The average Bonchev–Trinajstić information content (AvgIpc) is 2.19. The predicted molar refractivity (Wildman–Crippen MR) is 52.8 cm³/mol. The summed E-state index contributed by atoms with van der Waals surface area (Å²) in [5, 5.41) is 8.92. The first-order valence-corrected chi connectivity index (χ1v) is 4.81. The van der Waals surface area contributed by atoms with Crippen molar-refractivity contribution in [2.45, 2.75) is 25.5 Å². The number of carbonyl (C=O) groups excluding carboxylic acids is 1. The molecule has 4 nitrogen and oxygen atoms in total. The number of hydrogen-bond acceptors (Lipinski definition) is 3. The number of morpholine rings is 1. The van der Waals surface area contributed by atoms with Gasteiger partial charge in [0.25, 0.3) is 0 Å². The van der Waals surface area contributed by atoms with Crippen LogP contribution in [0.25, 0.3) is 0 Å². The van der Waals surface area contributed by atoms with Crippen LogP contribution in [0.2, 0.25) is 0 Å². The maximum Gasteiger partial charge on any atom is 0.226 e. The summed E-state index contributed by atoms with van der Waals surface area (Å²) in [5.41, 5.74) is 0. The fourth-order valence-electron chi connectivity index (χ4n) is 1.52. The maximum absolute atomic E-state index is 11.6. The lowest BCUT2D eigenvalue weighted by atomic mass is 10.2. The summed E-state index contributed by atoms with van der Waals surface area (Å²) in [5.74, 6) is 0.0502. The van der Waals surface area contributed by atoms with E-state index in [0.717, 1.165) is 0 Å². The van der Waals surface area contributed by atoms with Crippen molar-refractivity contribution in [1.29, 1.82) is 0 Å². The van der Waals surface area contributed by atoms with E-state index in [9.17, 15) is 4.79 Å². The highest BCUT2D eigenvalue weighted by molar-refractivity contribution is 5.78. The molecule has 0 bridgehead atoms. The number of ether oxygens (including phenoxy) is 1. The maximum atomic E-state index is 11.6. The molecule has 1 fully saturated rings. The Balaban J connectivity index is 2.55. The molecule has 0 aliphatic carbocycles. The minimum absolute atomic E-state index is 0.0371. The number of hydrogen-bond donors (Lipinski definition) is 1. The van der Waals surface area contributed by atoms with Crippen molar-refractivity contribution in [3.63, 3.8) is 0 Å². The van der Waals surface area contributed by atoms with Crippen LogP contribution < -0.4 is 0 Å². The average molecular weight is 199 g/mol. The molecule has 1 amide bonds. The number of rotatable bonds is 3. The van der Waals surface area contributed by atoms with Gasteiger partial charge in [-0.3, -0.25) is 4.79 Å². The summed E-state index contributed by atoms with van der Waals surface area (Å²) < 4.78 is 5.33. The van der Waals surface area contributed by atoms with E-state index in [1.54, 1.807) is 11.0 Å². The van der Waals surface area contributed by atoms with Crippen molar-refractivity contribution in [3.05, 3.63) is 12.7 Å². The van der Waals surface area contributed by atoms with E-state index in [2.05, 4.69) is 6.58 Å². The minimum Gasteiger partial charge on any atom is -0.394 e. The normalized spacial score (nSPS) is 27.4. The van der Waals surface area contributed by atoms with Crippen molar-refractivity contribution in [2.75, 3.05) is 19.8 Å². The third kappa shape index (κ3) is 2.56. The summed E-state index contributed by atoms with van der Waals surface area (Å²) in [6.45, 7) is 6.40. The van der Waals surface area contributed by atoms with Crippen LogP contribution >= 0.6 is 0 Å². The van der Waals surface area contributed by atoms with Crippen LogP contribution in [0.1, 0.15) is 13.3 Å². The van der Waals surface area contributed by atoms with Crippen LogP contribution in [0.5, 0.6) is 0 Å². The number of amides is 1. The Morgan fingerprint density at radius 1 is 1.79 bits per heavy atom. The molecule has 2 atom stereocenters. The second-order valence-corrected chi connectivity index (χ2v) is 3.53. The topological polar surface area (TPSA) is 49.8 Å². The third-order valence-corrected chi connectivity index (χ3v) is 2.35. The second kappa shape index (κ2) is 5.12. The first-order valence-electron chi connectivity index (χ1n) is 4.81. The Morgan fingerprint density at radius 2 is 2.50 bits per heavy atom. The van der Waals surface area contributed by atoms with Gasteiger partial charge in [0.2, 0.25) is 5.91 Å². The van der Waals surface area contributed by atoms with Crippen molar-refractivity contribution < 1.29 is 14.6 Å². The number of nitrogens with zero attached hydrogens (tertiary/aromatic N) is 1. The number of aliphatic hydroxyl groups is 1. The molecule has 14 heavy (non-hydrogen) atoms. The van der Waals surface area contributed by atoms with E-state index in [4.69, 9.17) is 9.84 Å². The van der Waals surface area contributed by atoms with Gasteiger partial charge in [-0.05, 0) is 6.92 Å². The van der Waals surface area contributed by atoms with Gasteiger partial charge in [0.15, 0.2) is 0 Å². The first-order chi connectivity index (χ1) is 6.69. The Morgan fingerprint density at radius 3 is 3.07 bits per heavy atom. The van der Waals surface area contributed by atoms with Gasteiger partial charge in [-0.2, -0.15) is 0 Å². The zero-order valence-electron chi connectivity index (χ0n) is 8.48. The molecule has 0 spiro atoms. The molecule has 1 heterocycles. The van der Waals surface area contributed by atoms with Crippen molar-refractivity contribution in [3.8, 4) is 0 Å². The molecular weight excluding hydrogens is 182 g/mol. The molecule has 0 aromatic rings. The van der Waals surface area contributed by atoms with Crippen LogP contribution in [0.4, 0.5) is 0 Å². The standard InChI is InChI=1S/C10H17NO3/c1-3-4-10(13)11-5-9(6-12)14-7-8(11)2/h3,8-9,12H,1,4-7H2,2H3. The van der Waals surface area contributed by atoms with Gasteiger partial charge in [0.1, 0.15) is 0 Å². The second-order valence-electron chi connectivity index (χ2n) is 3.53. The van der Waals surface area contributed by atoms with Gasteiger partial charge in [-0.1, -0.05) is 6.08 Å². The van der Waals surface area contributed by atoms with Gasteiger partial charge >= 0.3 is 0 Å². The largest absolute Gasteiger partial charge is 0.394 e. The molecule has 80 valence electrons. The quantitative estimate of drug-likeness (QED) is 0.659. The lowest BCUT2D eigenvalue weighted by Gasteiger charge is -2.37. The highest BCUT2D eigenvalue weighted by Gasteiger charge is 2.28. The molecule has 1 saturated heterocycles. The van der Waals surface area contributed by atoms with Gasteiger partial charge < -0.3 is 14.7 Å². The smallest absolute Gasteiger partial charge is 0.226 e. The molecule has 4 heteroatoms. The van der Waals surface area contributed by atoms with E-state index in [1.807, 2.05) is 6.92 Å². The van der Waals surface area contributed by atoms with E-state index in [1.165, 1.54) is 0 Å². The Bertz CT molecular complexity index is 217. The molecule has 0 radical (unpaired) electrons. The van der Waals surface area contributed by atoms with Gasteiger partial charge in [0, 0.05) is 13.0 Å². The molecule has 0 aromatic carbocycles. The molecule has 1 aliphatic heterocycles. The van der Waals surface area contributed by atoms with Crippen LogP contribution in [0.15, 0.2) is 12.7 Å². The lowest BCUT2D eigenvalue weighted by Crippen LogP contribution is -2.51. The van der Waals surface area contributed by atoms with Crippen LogP contribution in [-0.2, 0) is 9.53 Å². The van der Waals surface area contributed by atoms with Gasteiger partial charge in [-0.25, -0.2) is 0 Å². The number of aliphatic hydroxyl groups excluding tert-OH is 1. The molecule has 1 N–H and O–H groups in total. The molecule has 0 saturated carbocycles. The van der Waals surface area contributed by atoms with Crippen molar-refractivity contribution >= 4 is 5.91 Å². The van der Waals surface area contributed by atoms with E-state index in [-0.39, 0.29) is 24.7 Å². The SMILES string of the molecule is C=CCC(=O)N1CC(CO)OCC1C. The lowest BCUT2D eigenvalue weighted by molar-refractivity contribution is -0.145. The van der Waals surface area contributed by atoms with Crippen LogP contribution in [-0.4, -0.2) is 47.8 Å². The predicted octanol–water partition coefficient (Wildman–Crippen LogP) is 0.171. The molecule has 0 aromatic heterocycles. The summed E-state index contributed by atoms with van der Waals surface area (Å²) in [7, 11) is 0. The minimum atomic E-state index is -0.236. The zero-order valence-corrected chi connectivity index (χ0v) is 8.48. The summed E-state index contributed by atoms with van der Waals surface area (Å²) >= 11 is 0. The molecule has 1 rings (SSSR count). The highest BCUT2D eigenvalue weighted by atomic mass is 16.5. The van der Waals surface area contributed by atoms with Crippen molar-refractivity contribution in [1.82, 2.24) is 4.90 Å². The van der Waals surface area contributed by atoms with Crippen molar-refractivity contribution in [2.24, 2.45) is 0 Å². The highest BCUT2D eigenvalue weighted by Crippen LogP contribution is 2.12. The summed E-state index contributed by atoms with van der Waals surface area (Å²) in [6, 6.07) is 0.0882. The van der Waals surface area contributed by atoms with E-state index in [0.29, 0.717) is 19.6 Å². The molecule has 2 unspecified atom stereocenters. The first kappa shape index (κ1) is 11.2. The van der Waals surface area contributed by atoms with E-state index >= 15 is 0 Å². The molecular formula is C10H17NO3. The number of carbonyl (C=O) groups is 1. The monoisotopic (exact) mass is 199 g/mol. The fraction of sp³-hybridized carbons (Fsp3) is 0.700. The zero-order chi connectivity index (χ0) is 10.6. The van der Waals surface area contributed by atoms with Crippen LogP contribution in [0, 0.1) is 0 Å².